The van der Waals surface area contributed by atoms with E-state index in [9.17, 15) is 4.79 Å². The van der Waals surface area contributed by atoms with E-state index in [1.807, 2.05) is 0 Å². The molecule has 2 aliphatic rings. The Balaban J connectivity index is 2.07. The molecule has 0 aromatic heterocycles. The minimum atomic E-state index is -0.187. The van der Waals surface area contributed by atoms with Crippen molar-refractivity contribution in [2.24, 2.45) is 16.7 Å². The van der Waals surface area contributed by atoms with E-state index in [0.29, 0.717) is 12.0 Å². The molecule has 2 rings (SSSR count). The maximum Gasteiger partial charge on any atom is 0.302 e. The molecule has 3 atom stereocenters. The Morgan fingerprint density at radius 2 is 2.19 bits per heavy atom. The number of fused-ring (bicyclic) bond motifs is 2. The van der Waals surface area contributed by atoms with E-state index in [0.717, 1.165) is 18.8 Å². The maximum atomic E-state index is 10.8. The molecule has 0 saturated heterocycles. The Hall–Kier alpha value is -0.240. The molecule has 0 amide bonds. The monoisotopic (exact) mass is 244 g/mol. The third-order valence-electron chi connectivity index (χ3n) is 5.19. The van der Waals surface area contributed by atoms with E-state index in [1.54, 1.807) is 0 Å². The van der Waals surface area contributed by atoms with Crippen LogP contribution in [-0.2, 0) is 9.53 Å². The van der Waals surface area contributed by atoms with Gasteiger partial charge in [0.2, 0.25) is 0 Å². The summed E-state index contributed by atoms with van der Waals surface area (Å²) in [5.41, 5.74) is 0.494. The van der Waals surface area contributed by atoms with Crippen LogP contribution in [0.4, 0.5) is 0 Å². The molecule has 3 heteroatoms. The Kier molecular flexibility index (Phi) is 2.98. The lowest BCUT2D eigenvalue weighted by Gasteiger charge is -2.40. The highest BCUT2D eigenvalue weighted by Crippen LogP contribution is 2.68. The molecular weight excluding hydrogens is 224 g/mol. The highest BCUT2D eigenvalue weighted by Gasteiger charge is 2.63. The molecule has 0 aromatic carbocycles. The van der Waals surface area contributed by atoms with Crippen LogP contribution in [0.15, 0.2) is 0 Å². The van der Waals surface area contributed by atoms with Gasteiger partial charge in [0.05, 0.1) is 6.61 Å². The fourth-order valence-electron chi connectivity index (χ4n) is 3.95. The molecule has 0 aromatic rings. The molecule has 2 nitrogen and oxygen atoms in total. The molecular formula is C13H21ClO2. The minimum Gasteiger partial charge on any atom is -0.466 e. The predicted octanol–water partition coefficient (Wildman–Crippen LogP) is 3.37. The molecule has 0 unspecified atom stereocenters. The second kappa shape index (κ2) is 3.90. The number of hydrogen-bond donors (Lipinski definition) is 0. The first kappa shape index (κ1) is 12.2. The van der Waals surface area contributed by atoms with Crippen molar-refractivity contribution in [1.29, 1.82) is 0 Å². The van der Waals surface area contributed by atoms with E-state index >= 15 is 0 Å². The number of carbonyl (C=O) groups excluding carboxylic acids is 1. The number of ether oxygens (including phenoxy) is 1. The summed E-state index contributed by atoms with van der Waals surface area (Å²) in [6.45, 7) is 6.66. The number of carbonyl (C=O) groups is 1. The van der Waals surface area contributed by atoms with Crippen LogP contribution >= 0.6 is 11.6 Å². The fraction of sp³-hybridized carbons (Fsp3) is 0.923. The normalized spacial score (nSPS) is 40.0. The van der Waals surface area contributed by atoms with Gasteiger partial charge in [0.25, 0.3) is 0 Å². The summed E-state index contributed by atoms with van der Waals surface area (Å²) in [7, 11) is 0. The van der Waals surface area contributed by atoms with Gasteiger partial charge in [-0.2, -0.15) is 0 Å². The van der Waals surface area contributed by atoms with E-state index in [1.165, 1.54) is 19.8 Å². The smallest absolute Gasteiger partial charge is 0.302 e. The topological polar surface area (TPSA) is 26.3 Å². The van der Waals surface area contributed by atoms with Crippen molar-refractivity contribution >= 4 is 17.6 Å². The fourth-order valence-corrected chi connectivity index (χ4v) is 4.66. The van der Waals surface area contributed by atoms with E-state index in [-0.39, 0.29) is 16.8 Å². The molecule has 2 saturated carbocycles. The molecule has 0 spiro atoms. The van der Waals surface area contributed by atoms with Crippen molar-refractivity contribution in [2.75, 3.05) is 6.61 Å². The average molecular weight is 245 g/mol. The molecule has 0 aliphatic heterocycles. The highest BCUT2D eigenvalue weighted by atomic mass is 35.5. The van der Waals surface area contributed by atoms with E-state index in [4.69, 9.17) is 16.3 Å². The third-order valence-corrected chi connectivity index (χ3v) is 5.78. The lowest BCUT2D eigenvalue weighted by atomic mass is 9.67. The summed E-state index contributed by atoms with van der Waals surface area (Å²) < 4.78 is 5.09. The molecule has 16 heavy (non-hydrogen) atoms. The van der Waals surface area contributed by atoms with Gasteiger partial charge in [-0.05, 0) is 42.4 Å². The summed E-state index contributed by atoms with van der Waals surface area (Å²) in [5.74, 6) is 0.570. The minimum absolute atomic E-state index is 0.187. The van der Waals surface area contributed by atoms with E-state index < -0.39 is 0 Å². The van der Waals surface area contributed by atoms with Gasteiger partial charge in [-0.3, -0.25) is 4.79 Å². The number of esters is 1. The number of halogens is 1. The van der Waals surface area contributed by atoms with Crippen molar-refractivity contribution in [3.63, 3.8) is 0 Å². The maximum absolute atomic E-state index is 10.8. The van der Waals surface area contributed by atoms with Crippen molar-refractivity contribution in [3.8, 4) is 0 Å². The van der Waals surface area contributed by atoms with Gasteiger partial charge in [-0.1, -0.05) is 13.8 Å². The Bertz CT molecular complexity index is 300. The van der Waals surface area contributed by atoms with Crippen LogP contribution in [0.5, 0.6) is 0 Å². The lowest BCUT2D eigenvalue weighted by molar-refractivity contribution is -0.142. The SMILES string of the molecule is CC(=O)OCC[C@]12CC[C@H](C[C@@H]1Cl)C2(C)C. The molecule has 2 aliphatic carbocycles. The molecule has 0 N–H and O–H groups in total. The zero-order valence-corrected chi connectivity index (χ0v) is 11.1. The first-order chi connectivity index (χ1) is 7.40. The van der Waals surface area contributed by atoms with Crippen molar-refractivity contribution in [2.45, 2.75) is 51.8 Å². The zero-order valence-electron chi connectivity index (χ0n) is 10.4. The Labute approximate surface area is 103 Å². The van der Waals surface area contributed by atoms with Gasteiger partial charge < -0.3 is 4.74 Å². The van der Waals surface area contributed by atoms with Gasteiger partial charge in [0, 0.05) is 12.3 Å². The van der Waals surface area contributed by atoms with Crippen LogP contribution in [0, 0.1) is 16.7 Å². The average Bonchev–Trinajstić information content (AvgIpc) is 2.50. The zero-order chi connectivity index (χ0) is 12.0. The molecule has 2 bridgehead atoms. The summed E-state index contributed by atoms with van der Waals surface area (Å²) in [6, 6.07) is 0. The standard InChI is InChI=1S/C13H21ClO2/c1-9(15)16-7-6-13-5-4-10(8-11(13)14)12(13,2)3/h10-11H,4-8H2,1-3H3/t10-,11+,13-/m1/s1. The molecule has 0 heterocycles. The Morgan fingerprint density at radius 3 is 2.62 bits per heavy atom. The summed E-state index contributed by atoms with van der Waals surface area (Å²) in [6.07, 6.45) is 4.54. The number of rotatable bonds is 3. The molecule has 92 valence electrons. The van der Waals surface area contributed by atoms with Gasteiger partial charge in [-0.15, -0.1) is 11.6 Å². The number of alkyl halides is 1. The number of hydrogen-bond acceptors (Lipinski definition) is 2. The van der Waals surface area contributed by atoms with Crippen molar-refractivity contribution in [1.82, 2.24) is 0 Å². The van der Waals surface area contributed by atoms with Crippen LogP contribution in [-0.4, -0.2) is 18.0 Å². The second-order valence-electron chi connectivity index (χ2n) is 5.91. The van der Waals surface area contributed by atoms with E-state index in [2.05, 4.69) is 13.8 Å². The van der Waals surface area contributed by atoms with Gasteiger partial charge in [-0.25, -0.2) is 0 Å². The largest absolute Gasteiger partial charge is 0.466 e. The quantitative estimate of drug-likeness (QED) is 0.562. The van der Waals surface area contributed by atoms with Crippen molar-refractivity contribution < 1.29 is 9.53 Å². The predicted molar refractivity (Wildman–Crippen MR) is 64.4 cm³/mol. The summed E-state index contributed by atoms with van der Waals surface area (Å²) in [4.78, 5) is 10.8. The van der Waals surface area contributed by atoms with Crippen LogP contribution in [0.2, 0.25) is 0 Å². The second-order valence-corrected chi connectivity index (χ2v) is 6.43. The molecule has 0 radical (unpaired) electrons. The van der Waals surface area contributed by atoms with Gasteiger partial charge in [0.1, 0.15) is 0 Å². The van der Waals surface area contributed by atoms with Gasteiger partial charge >= 0.3 is 5.97 Å². The van der Waals surface area contributed by atoms with Gasteiger partial charge in [0.15, 0.2) is 0 Å². The van der Waals surface area contributed by atoms with Crippen LogP contribution < -0.4 is 0 Å². The first-order valence-electron chi connectivity index (χ1n) is 6.17. The molecule has 2 fully saturated rings. The summed E-state index contributed by atoms with van der Waals surface area (Å²) >= 11 is 6.52. The van der Waals surface area contributed by atoms with Crippen molar-refractivity contribution in [3.05, 3.63) is 0 Å². The Morgan fingerprint density at radius 1 is 1.50 bits per heavy atom. The summed E-state index contributed by atoms with van der Waals surface area (Å²) in [5, 5.41) is 0.261. The first-order valence-corrected chi connectivity index (χ1v) is 6.61. The van der Waals surface area contributed by atoms with Crippen LogP contribution in [0.1, 0.15) is 46.5 Å². The third kappa shape index (κ3) is 1.57. The lowest BCUT2D eigenvalue weighted by Crippen LogP contribution is -2.37. The van der Waals surface area contributed by atoms with Crippen LogP contribution in [0.25, 0.3) is 0 Å². The van der Waals surface area contributed by atoms with Crippen LogP contribution in [0.3, 0.4) is 0 Å². The highest BCUT2D eigenvalue weighted by molar-refractivity contribution is 6.21.